The van der Waals surface area contributed by atoms with Gasteiger partial charge in [0.25, 0.3) is 0 Å². The summed E-state index contributed by atoms with van der Waals surface area (Å²) in [6.07, 6.45) is 0. The second-order valence-corrected chi connectivity index (χ2v) is 8.99. The van der Waals surface area contributed by atoms with E-state index < -0.39 is 20.7 Å². The van der Waals surface area contributed by atoms with Crippen LogP contribution >= 0.6 is 47.1 Å². The Morgan fingerprint density at radius 3 is 1.68 bits per heavy atom. The first-order valence-corrected chi connectivity index (χ1v) is 9.43. The molecule has 0 bridgehead atoms. The smallest absolute Gasteiger partial charge is 0.360 e. The van der Waals surface area contributed by atoms with Crippen molar-refractivity contribution >= 4 is 52.7 Å². The Morgan fingerprint density at radius 2 is 1.37 bits per heavy atom. The molecule has 0 fully saturated rings. The van der Waals surface area contributed by atoms with Crippen LogP contribution in [0.5, 0.6) is 5.75 Å². The normalized spacial score (nSPS) is 12.8. The van der Waals surface area contributed by atoms with E-state index in [-0.39, 0.29) is 20.4 Å². The maximum absolute atomic E-state index is 11.1. The fourth-order valence-corrected chi connectivity index (χ4v) is 4.55. The molecule has 0 aliphatic rings. The molecule has 1 rings (SSSR count). The molecule has 8 nitrogen and oxygen atoms in total. The number of anilines is 1. The minimum Gasteiger partial charge on any atom is -0.506 e. The largest absolute Gasteiger partial charge is 0.506 e. The van der Waals surface area contributed by atoms with Crippen molar-refractivity contribution in [1.29, 1.82) is 0 Å². The second-order valence-electron chi connectivity index (χ2n) is 3.48. The molecule has 0 aliphatic carbocycles. The highest BCUT2D eigenvalue weighted by Crippen LogP contribution is 2.59. The topological polar surface area (TPSA) is 147 Å². The Morgan fingerprint density at radius 1 is 1.00 bits per heavy atom. The van der Waals surface area contributed by atoms with Crippen molar-refractivity contribution in [1.82, 2.24) is 0 Å². The van der Waals surface area contributed by atoms with E-state index >= 15 is 0 Å². The molecule has 0 saturated carbocycles. The van der Waals surface area contributed by atoms with Gasteiger partial charge >= 0.3 is 15.2 Å². The highest BCUT2D eigenvalue weighted by atomic mass is 79.9. The van der Waals surface area contributed by atoms with Gasteiger partial charge in [0.05, 0.1) is 8.95 Å². The predicted octanol–water partition coefficient (Wildman–Crippen LogP) is 1.97. The van der Waals surface area contributed by atoms with E-state index in [9.17, 15) is 14.2 Å². The Bertz CT molecular complexity index is 538. The third-order valence-corrected chi connectivity index (χ3v) is 6.50. The summed E-state index contributed by atoms with van der Waals surface area (Å²) in [6, 6.07) is 2.44. The van der Waals surface area contributed by atoms with Crippen molar-refractivity contribution in [3.05, 3.63) is 21.1 Å². The highest BCUT2D eigenvalue weighted by molar-refractivity contribution is 9.11. The molecule has 19 heavy (non-hydrogen) atoms. The zero-order valence-corrected chi connectivity index (χ0v) is 13.9. The first-order chi connectivity index (χ1) is 8.43. The van der Waals surface area contributed by atoms with Crippen molar-refractivity contribution < 1.29 is 33.8 Å². The molecule has 1 aromatic carbocycles. The predicted molar refractivity (Wildman–Crippen MR) is 75.0 cm³/mol. The van der Waals surface area contributed by atoms with Crippen molar-refractivity contribution in [2.24, 2.45) is 0 Å². The molecule has 6 N–H and O–H groups in total. The lowest BCUT2D eigenvalue weighted by Gasteiger charge is -2.22. The number of nitrogens with one attached hydrogen (secondary N) is 1. The van der Waals surface area contributed by atoms with E-state index in [1.54, 1.807) is 0 Å². The lowest BCUT2D eigenvalue weighted by molar-refractivity contribution is 0.343. The van der Waals surface area contributed by atoms with Crippen LogP contribution in [0.2, 0.25) is 0 Å². The van der Waals surface area contributed by atoms with E-state index in [0.29, 0.717) is 0 Å². The fraction of sp³-hybridized carbons (Fsp3) is 0.143. The minimum atomic E-state index is -5.07. The molecule has 1 aromatic rings. The van der Waals surface area contributed by atoms with Gasteiger partial charge in [-0.3, -0.25) is 9.13 Å². The maximum atomic E-state index is 11.1. The fourth-order valence-electron chi connectivity index (χ4n) is 1.16. The van der Waals surface area contributed by atoms with Crippen molar-refractivity contribution in [2.75, 3.05) is 5.32 Å². The summed E-state index contributed by atoms with van der Waals surface area (Å²) in [6.45, 7) is 0. The molecule has 0 saturated heterocycles. The van der Waals surface area contributed by atoms with Gasteiger partial charge in [0.15, 0.2) is 0 Å². The average Bonchev–Trinajstić information content (AvgIpc) is 2.19. The van der Waals surface area contributed by atoms with Gasteiger partial charge in [-0.2, -0.15) is 0 Å². The number of benzene rings is 1. The molecule has 0 aliphatic heterocycles. The van der Waals surface area contributed by atoms with E-state index in [1.807, 2.05) is 0 Å². The zero-order valence-electron chi connectivity index (χ0n) is 8.93. The molecule has 0 radical (unpaired) electrons. The molecule has 0 heterocycles. The Balaban J connectivity index is 3.19. The van der Waals surface area contributed by atoms with Crippen LogP contribution in [0, 0.1) is 0 Å². The van der Waals surface area contributed by atoms with Crippen molar-refractivity contribution in [2.45, 2.75) is 5.52 Å². The molecule has 0 unspecified atom stereocenters. The zero-order chi connectivity index (χ0) is 15.0. The summed E-state index contributed by atoms with van der Waals surface area (Å²) in [7, 11) is -10.1. The Labute approximate surface area is 124 Å². The molecule has 0 spiro atoms. The number of aromatic hydroxyl groups is 1. The van der Waals surface area contributed by atoms with Gasteiger partial charge in [0.1, 0.15) is 5.75 Å². The van der Waals surface area contributed by atoms with Gasteiger partial charge in [0.2, 0.25) is 5.52 Å². The van der Waals surface area contributed by atoms with Gasteiger partial charge in [0, 0.05) is 5.69 Å². The molecule has 108 valence electrons. The van der Waals surface area contributed by atoms with Crippen LogP contribution < -0.4 is 5.32 Å². The van der Waals surface area contributed by atoms with Crippen LogP contribution in [-0.2, 0) is 9.13 Å². The number of hydrogen-bond donors (Lipinski definition) is 6. The number of rotatable bonds is 4. The Hall–Kier alpha value is 0.0800. The number of halogens is 2. The van der Waals surface area contributed by atoms with Crippen LogP contribution in [0.3, 0.4) is 0 Å². The van der Waals surface area contributed by atoms with Gasteiger partial charge in [-0.25, -0.2) is 0 Å². The summed E-state index contributed by atoms with van der Waals surface area (Å²) in [5, 5.41) is 11.5. The van der Waals surface area contributed by atoms with Crippen molar-refractivity contribution in [3.8, 4) is 5.75 Å². The molecular formula is C7H9Br2NO7P2. The number of hydrogen-bond acceptors (Lipinski definition) is 4. The Kier molecular flexibility index (Phi) is 5.26. The number of phenolic OH excluding ortho intramolecular Hbond substituents is 1. The molecule has 12 heteroatoms. The SMILES string of the molecule is O=P(O)(O)C(Nc1cc(Br)c(O)c(Br)c1)P(=O)(O)O. The molecule has 0 amide bonds. The molecule has 0 aromatic heterocycles. The minimum absolute atomic E-state index is 0.00759. The first-order valence-electron chi connectivity index (χ1n) is 4.48. The molecular weight excluding hydrogens is 432 g/mol. The average molecular weight is 441 g/mol. The third-order valence-electron chi connectivity index (χ3n) is 1.95. The highest BCUT2D eigenvalue weighted by Gasteiger charge is 2.43. The van der Waals surface area contributed by atoms with E-state index in [0.717, 1.165) is 0 Å². The quantitative estimate of drug-likeness (QED) is 0.307. The lowest BCUT2D eigenvalue weighted by atomic mass is 10.3. The summed E-state index contributed by atoms with van der Waals surface area (Å²) in [5.41, 5.74) is -2.35. The summed E-state index contributed by atoms with van der Waals surface area (Å²) in [5.74, 6) is -0.158. The van der Waals surface area contributed by atoms with Crippen LogP contribution in [0.4, 0.5) is 5.69 Å². The lowest BCUT2D eigenvalue weighted by Crippen LogP contribution is -2.19. The van der Waals surface area contributed by atoms with Crippen molar-refractivity contribution in [3.63, 3.8) is 0 Å². The van der Waals surface area contributed by atoms with E-state index in [1.165, 1.54) is 12.1 Å². The van der Waals surface area contributed by atoms with Crippen LogP contribution in [-0.4, -0.2) is 30.2 Å². The van der Waals surface area contributed by atoms with Gasteiger partial charge in [-0.1, -0.05) is 0 Å². The maximum Gasteiger partial charge on any atom is 0.360 e. The molecule has 0 atom stereocenters. The van der Waals surface area contributed by atoms with E-state index in [4.69, 9.17) is 19.6 Å². The van der Waals surface area contributed by atoms with Crippen LogP contribution in [0.25, 0.3) is 0 Å². The monoisotopic (exact) mass is 439 g/mol. The summed E-state index contributed by atoms with van der Waals surface area (Å²) in [4.78, 5) is 35.8. The van der Waals surface area contributed by atoms with Gasteiger partial charge < -0.3 is 30.0 Å². The van der Waals surface area contributed by atoms with Gasteiger partial charge in [-0.15, -0.1) is 0 Å². The summed E-state index contributed by atoms with van der Waals surface area (Å²) < 4.78 is 22.5. The number of phenols is 1. The van der Waals surface area contributed by atoms with Crippen LogP contribution in [0.15, 0.2) is 21.1 Å². The first kappa shape index (κ1) is 17.1. The standard InChI is InChI=1S/C7H9Br2NO7P2/c8-4-1-3(2-5(9)6(4)11)10-7(18(12,13)14)19(15,16)17/h1-2,7,10-11H,(H2,12,13,14)(H2,15,16,17). The van der Waals surface area contributed by atoms with Gasteiger partial charge in [-0.05, 0) is 44.0 Å². The second kappa shape index (κ2) is 5.83. The van der Waals surface area contributed by atoms with E-state index in [2.05, 4.69) is 37.2 Å². The summed E-state index contributed by atoms with van der Waals surface area (Å²) >= 11 is 5.96. The van der Waals surface area contributed by atoms with Crippen LogP contribution in [0.1, 0.15) is 0 Å². The third kappa shape index (κ3) is 4.54.